The van der Waals surface area contributed by atoms with E-state index in [0.717, 1.165) is 12.8 Å². The zero-order valence-corrected chi connectivity index (χ0v) is 12.4. The molecule has 1 saturated carbocycles. The molecule has 1 aliphatic carbocycles. The largest absolute Gasteiger partial charge is 0.484 e. The molecule has 0 aliphatic heterocycles. The van der Waals surface area contributed by atoms with Gasteiger partial charge in [-0.15, -0.1) is 0 Å². The first-order chi connectivity index (χ1) is 9.93. The van der Waals surface area contributed by atoms with Crippen LogP contribution in [0.3, 0.4) is 0 Å². The number of nitrogens with zero attached hydrogens (tertiary/aromatic N) is 2. The summed E-state index contributed by atoms with van der Waals surface area (Å²) in [5, 5.41) is 8.97. The van der Waals surface area contributed by atoms with Crippen molar-refractivity contribution in [2.24, 2.45) is 5.14 Å². The van der Waals surface area contributed by atoms with Crippen LogP contribution in [-0.2, 0) is 16.6 Å². The quantitative estimate of drug-likeness (QED) is 0.896. The van der Waals surface area contributed by atoms with E-state index in [4.69, 9.17) is 26.0 Å². The molecule has 1 aromatic heterocycles. The summed E-state index contributed by atoms with van der Waals surface area (Å²) in [6, 6.07) is 3.99. The average Bonchev–Trinajstić information content (AvgIpc) is 3.16. The molecule has 2 aromatic rings. The third-order valence-corrected chi connectivity index (χ3v) is 4.21. The van der Waals surface area contributed by atoms with E-state index in [-0.39, 0.29) is 16.5 Å². The Balaban J connectivity index is 1.69. The van der Waals surface area contributed by atoms with Crippen LogP contribution in [0.2, 0.25) is 5.02 Å². The van der Waals surface area contributed by atoms with Gasteiger partial charge in [-0.2, -0.15) is 4.98 Å². The third kappa shape index (κ3) is 3.34. The number of benzene rings is 1. The minimum absolute atomic E-state index is 0.0737. The van der Waals surface area contributed by atoms with Gasteiger partial charge >= 0.3 is 0 Å². The van der Waals surface area contributed by atoms with Crippen molar-refractivity contribution in [2.45, 2.75) is 30.3 Å². The fourth-order valence-electron chi connectivity index (χ4n) is 1.74. The Morgan fingerprint density at radius 1 is 1.43 bits per heavy atom. The van der Waals surface area contributed by atoms with E-state index >= 15 is 0 Å². The number of rotatable bonds is 5. The van der Waals surface area contributed by atoms with Gasteiger partial charge in [-0.05, 0) is 31.0 Å². The molecule has 2 N–H and O–H groups in total. The number of primary sulfonamides is 1. The van der Waals surface area contributed by atoms with Crippen LogP contribution in [-0.4, -0.2) is 18.6 Å². The zero-order chi connectivity index (χ0) is 15.0. The number of aromatic nitrogens is 2. The van der Waals surface area contributed by atoms with E-state index in [1.165, 1.54) is 18.2 Å². The summed E-state index contributed by atoms with van der Waals surface area (Å²) in [4.78, 5) is 4.14. The molecule has 0 radical (unpaired) electrons. The van der Waals surface area contributed by atoms with Gasteiger partial charge in [-0.1, -0.05) is 16.8 Å². The van der Waals surface area contributed by atoms with Gasteiger partial charge in [0.05, 0.1) is 9.92 Å². The molecular formula is C12H12ClN3O4S. The van der Waals surface area contributed by atoms with Crippen LogP contribution in [0.15, 0.2) is 27.6 Å². The molecule has 1 fully saturated rings. The number of ether oxygens (including phenoxy) is 1. The molecule has 1 heterocycles. The third-order valence-electron chi connectivity index (χ3n) is 3.00. The first-order valence-electron chi connectivity index (χ1n) is 6.21. The lowest BCUT2D eigenvalue weighted by Crippen LogP contribution is -2.12. The Morgan fingerprint density at radius 2 is 2.19 bits per heavy atom. The number of hydrogen-bond acceptors (Lipinski definition) is 6. The lowest BCUT2D eigenvalue weighted by Gasteiger charge is -2.06. The first kappa shape index (κ1) is 14.3. The van der Waals surface area contributed by atoms with Gasteiger partial charge < -0.3 is 9.26 Å². The average molecular weight is 330 g/mol. The van der Waals surface area contributed by atoms with Crippen LogP contribution >= 0.6 is 11.6 Å². The zero-order valence-electron chi connectivity index (χ0n) is 10.8. The maximum absolute atomic E-state index is 11.2. The summed E-state index contributed by atoms with van der Waals surface area (Å²) in [7, 11) is -3.79. The fourth-order valence-corrected chi connectivity index (χ4v) is 2.58. The van der Waals surface area contributed by atoms with Gasteiger partial charge in [0, 0.05) is 5.92 Å². The Morgan fingerprint density at radius 3 is 2.81 bits per heavy atom. The summed E-state index contributed by atoms with van der Waals surface area (Å²) in [6.45, 7) is 0.0880. The smallest absolute Gasteiger partial charge is 0.238 e. The van der Waals surface area contributed by atoms with E-state index in [0.29, 0.717) is 23.4 Å². The molecule has 112 valence electrons. The van der Waals surface area contributed by atoms with E-state index in [2.05, 4.69) is 10.1 Å². The van der Waals surface area contributed by atoms with Gasteiger partial charge in [0.2, 0.25) is 21.7 Å². The van der Waals surface area contributed by atoms with Crippen molar-refractivity contribution in [1.29, 1.82) is 0 Å². The maximum Gasteiger partial charge on any atom is 0.238 e. The summed E-state index contributed by atoms with van der Waals surface area (Å²) in [5.74, 6) is 1.75. The molecule has 0 atom stereocenters. The highest BCUT2D eigenvalue weighted by Gasteiger charge is 2.29. The normalized spacial score (nSPS) is 15.1. The molecule has 9 heteroatoms. The van der Waals surface area contributed by atoms with Crippen LogP contribution in [0, 0.1) is 0 Å². The van der Waals surface area contributed by atoms with Crippen molar-refractivity contribution >= 4 is 21.6 Å². The van der Waals surface area contributed by atoms with E-state index in [9.17, 15) is 8.42 Å². The molecule has 3 rings (SSSR count). The second-order valence-electron chi connectivity index (χ2n) is 4.75. The molecule has 7 nitrogen and oxygen atoms in total. The summed E-state index contributed by atoms with van der Waals surface area (Å²) >= 11 is 5.96. The van der Waals surface area contributed by atoms with Crippen LogP contribution < -0.4 is 9.88 Å². The van der Waals surface area contributed by atoms with Crippen LogP contribution in [0.1, 0.15) is 30.5 Å². The highest BCUT2D eigenvalue weighted by Crippen LogP contribution is 2.38. The van der Waals surface area contributed by atoms with Gasteiger partial charge in [0.15, 0.2) is 6.61 Å². The predicted molar refractivity (Wildman–Crippen MR) is 73.4 cm³/mol. The van der Waals surface area contributed by atoms with Crippen molar-refractivity contribution in [2.75, 3.05) is 0 Å². The van der Waals surface area contributed by atoms with Crippen LogP contribution in [0.4, 0.5) is 0 Å². The fraction of sp³-hybridized carbons (Fsp3) is 0.333. The minimum Gasteiger partial charge on any atom is -0.484 e. The summed E-state index contributed by atoms with van der Waals surface area (Å²) in [5.41, 5.74) is 0. The molecule has 21 heavy (non-hydrogen) atoms. The standard InChI is InChI=1S/C12H12ClN3O4S/c13-9-5-8(21(14,17)18)3-4-10(9)19-6-11-15-12(20-16-11)7-1-2-7/h3-5,7H,1-2,6H2,(H2,14,17,18). The molecule has 0 unspecified atom stereocenters. The van der Waals surface area contributed by atoms with Gasteiger partial charge in [0.1, 0.15) is 5.75 Å². The second kappa shape index (κ2) is 5.28. The Hall–Kier alpha value is -1.64. The van der Waals surface area contributed by atoms with Gasteiger partial charge in [-0.3, -0.25) is 0 Å². The number of sulfonamides is 1. The Bertz CT molecular complexity index is 771. The Labute approximate surface area is 126 Å². The van der Waals surface area contributed by atoms with Crippen molar-refractivity contribution < 1.29 is 17.7 Å². The van der Waals surface area contributed by atoms with Crippen molar-refractivity contribution in [3.05, 3.63) is 34.9 Å². The van der Waals surface area contributed by atoms with E-state index in [1.807, 2.05) is 0 Å². The molecule has 1 aromatic carbocycles. The SMILES string of the molecule is NS(=O)(=O)c1ccc(OCc2noc(C3CC3)n2)c(Cl)c1. The minimum atomic E-state index is -3.79. The van der Waals surface area contributed by atoms with Crippen molar-refractivity contribution in [1.82, 2.24) is 10.1 Å². The van der Waals surface area contributed by atoms with Crippen molar-refractivity contribution in [3.8, 4) is 5.75 Å². The molecule has 0 spiro atoms. The molecular weight excluding hydrogens is 318 g/mol. The topological polar surface area (TPSA) is 108 Å². The lowest BCUT2D eigenvalue weighted by molar-refractivity contribution is 0.285. The molecule has 0 bridgehead atoms. The monoisotopic (exact) mass is 329 g/mol. The van der Waals surface area contributed by atoms with Crippen LogP contribution in [0.5, 0.6) is 5.75 Å². The predicted octanol–water partition coefficient (Wildman–Crippen LogP) is 1.83. The van der Waals surface area contributed by atoms with Gasteiger partial charge in [-0.25, -0.2) is 13.6 Å². The first-order valence-corrected chi connectivity index (χ1v) is 8.13. The highest BCUT2D eigenvalue weighted by molar-refractivity contribution is 7.89. The number of nitrogens with two attached hydrogens (primary N) is 1. The van der Waals surface area contributed by atoms with E-state index in [1.54, 1.807) is 0 Å². The highest BCUT2D eigenvalue weighted by atomic mass is 35.5. The summed E-state index contributed by atoms with van der Waals surface area (Å²) < 4.78 is 32.9. The molecule has 0 amide bonds. The number of halogens is 1. The van der Waals surface area contributed by atoms with Crippen molar-refractivity contribution in [3.63, 3.8) is 0 Å². The Kier molecular flexibility index (Phi) is 3.60. The van der Waals surface area contributed by atoms with Gasteiger partial charge in [0.25, 0.3) is 0 Å². The van der Waals surface area contributed by atoms with Crippen LogP contribution in [0.25, 0.3) is 0 Å². The molecule has 0 saturated heterocycles. The summed E-state index contributed by atoms with van der Waals surface area (Å²) in [6.07, 6.45) is 2.15. The second-order valence-corrected chi connectivity index (χ2v) is 6.72. The maximum atomic E-state index is 11.2. The lowest BCUT2D eigenvalue weighted by atomic mass is 10.3. The molecule has 1 aliphatic rings. The number of hydrogen-bond donors (Lipinski definition) is 1. The van der Waals surface area contributed by atoms with E-state index < -0.39 is 10.0 Å².